The topological polar surface area (TPSA) is 112 Å². The van der Waals surface area contributed by atoms with Crippen molar-refractivity contribution in [2.45, 2.75) is 31.7 Å². The van der Waals surface area contributed by atoms with E-state index in [2.05, 4.69) is 21.3 Å². The second-order valence-electron chi connectivity index (χ2n) is 10.2. The lowest BCUT2D eigenvalue weighted by Gasteiger charge is -2.29. The van der Waals surface area contributed by atoms with Crippen molar-refractivity contribution in [3.63, 3.8) is 0 Å². The van der Waals surface area contributed by atoms with Gasteiger partial charge in [0.1, 0.15) is 0 Å². The van der Waals surface area contributed by atoms with E-state index in [1.165, 1.54) is 0 Å². The molecule has 2 aromatic heterocycles. The molecular formula is C29H30N4O5S. The van der Waals surface area contributed by atoms with Crippen LogP contribution in [-0.4, -0.2) is 78.2 Å². The monoisotopic (exact) mass is 546 g/mol. The Labute approximate surface area is 230 Å². The van der Waals surface area contributed by atoms with Gasteiger partial charge in [0.05, 0.1) is 34.8 Å². The van der Waals surface area contributed by atoms with E-state index in [-0.39, 0.29) is 17.7 Å². The first-order chi connectivity index (χ1) is 19.0. The number of morpholine rings is 1. The smallest absolute Gasteiger partial charge is 0.404 e. The number of hydrogen-bond donors (Lipinski definition) is 2. The van der Waals surface area contributed by atoms with Crippen molar-refractivity contribution in [1.29, 1.82) is 0 Å². The standard InChI is InChI=1S/C29H30N4O5S/c34-24-6-2-5-22-25(28(39-26(22)24)32-11-13-38-14-12-32)19-7-9-30-23(16-19)18-3-1-4-20(15-18)27(35)33-10-8-21(17-33)31-29(36)37/h1,3-4,7,9,15-16,21,31H,2,5-6,8,10-14,17H2,(H,36,37)/t21-/m0/s1. The first-order valence-corrected chi connectivity index (χ1v) is 14.2. The quantitative estimate of drug-likeness (QED) is 0.490. The van der Waals surface area contributed by atoms with E-state index in [0.717, 1.165) is 63.8 Å². The molecule has 2 saturated heterocycles. The van der Waals surface area contributed by atoms with E-state index in [4.69, 9.17) is 9.84 Å². The third kappa shape index (κ3) is 5.14. The Kier molecular flexibility index (Phi) is 7.05. The van der Waals surface area contributed by atoms with E-state index in [1.54, 1.807) is 28.5 Å². The molecule has 39 heavy (non-hydrogen) atoms. The predicted octanol–water partition coefficient (Wildman–Crippen LogP) is 4.31. The van der Waals surface area contributed by atoms with Gasteiger partial charge in [-0.15, -0.1) is 11.3 Å². The molecule has 3 aromatic rings. The summed E-state index contributed by atoms with van der Waals surface area (Å²) in [7, 11) is 0. The summed E-state index contributed by atoms with van der Waals surface area (Å²) in [6, 6.07) is 11.2. The number of nitrogens with zero attached hydrogens (tertiary/aromatic N) is 3. The zero-order valence-corrected chi connectivity index (χ0v) is 22.3. The van der Waals surface area contributed by atoms with E-state index in [9.17, 15) is 14.4 Å². The van der Waals surface area contributed by atoms with Gasteiger partial charge in [0.25, 0.3) is 5.91 Å². The van der Waals surface area contributed by atoms with E-state index in [1.807, 2.05) is 24.3 Å². The molecule has 2 fully saturated rings. The molecule has 1 atom stereocenters. The Morgan fingerprint density at radius 1 is 1.08 bits per heavy atom. The molecule has 0 spiro atoms. The highest BCUT2D eigenvalue weighted by molar-refractivity contribution is 7.19. The molecule has 1 aromatic carbocycles. The van der Waals surface area contributed by atoms with Crippen LogP contribution in [0.3, 0.4) is 0 Å². The summed E-state index contributed by atoms with van der Waals surface area (Å²) < 4.78 is 5.58. The van der Waals surface area contributed by atoms with Gasteiger partial charge in [-0.3, -0.25) is 14.6 Å². The molecule has 0 saturated carbocycles. The number of Topliss-reactive ketones (excluding diaryl/α,β-unsaturated/α-hetero) is 1. The van der Waals surface area contributed by atoms with Crippen molar-refractivity contribution in [1.82, 2.24) is 15.2 Å². The van der Waals surface area contributed by atoms with Crippen molar-refractivity contribution in [3.05, 3.63) is 58.6 Å². The Hall–Kier alpha value is -3.76. The lowest BCUT2D eigenvalue weighted by atomic mass is 9.91. The molecule has 202 valence electrons. The number of pyridine rings is 1. The number of carbonyl (C=O) groups excluding carboxylic acids is 2. The molecule has 0 radical (unpaired) electrons. The fourth-order valence-electron chi connectivity index (χ4n) is 5.72. The first-order valence-electron chi connectivity index (χ1n) is 13.3. The van der Waals surface area contributed by atoms with Crippen LogP contribution in [0.4, 0.5) is 9.80 Å². The number of hydrogen-bond acceptors (Lipinski definition) is 7. The molecule has 3 aliphatic rings. The molecule has 2 amide bonds. The average Bonchev–Trinajstić information content (AvgIpc) is 3.59. The molecule has 1 aliphatic carbocycles. The molecule has 4 heterocycles. The maximum absolute atomic E-state index is 13.2. The van der Waals surface area contributed by atoms with Crippen LogP contribution in [-0.2, 0) is 11.2 Å². The van der Waals surface area contributed by atoms with Crippen LogP contribution in [0.5, 0.6) is 0 Å². The van der Waals surface area contributed by atoms with Gasteiger partial charge in [0, 0.05) is 55.5 Å². The van der Waals surface area contributed by atoms with Crippen molar-refractivity contribution in [3.8, 4) is 22.4 Å². The van der Waals surface area contributed by atoms with Crippen molar-refractivity contribution >= 4 is 34.1 Å². The Morgan fingerprint density at radius 2 is 1.92 bits per heavy atom. The SMILES string of the molecule is O=C(O)N[C@H]1CCN(C(=O)c2cccc(-c3cc(-c4c(N5CCOCC5)sc5c4CCCC5=O)ccn3)c2)C1. The zero-order valence-electron chi connectivity index (χ0n) is 21.5. The van der Waals surface area contributed by atoms with Crippen LogP contribution < -0.4 is 10.2 Å². The van der Waals surface area contributed by atoms with Gasteiger partial charge in [-0.1, -0.05) is 12.1 Å². The molecule has 6 rings (SSSR count). The predicted molar refractivity (Wildman–Crippen MR) is 149 cm³/mol. The van der Waals surface area contributed by atoms with Gasteiger partial charge >= 0.3 is 6.09 Å². The lowest BCUT2D eigenvalue weighted by Crippen LogP contribution is -2.37. The van der Waals surface area contributed by atoms with E-state index >= 15 is 0 Å². The molecule has 0 unspecified atom stereocenters. The Bertz CT molecular complexity index is 1430. The van der Waals surface area contributed by atoms with Crippen molar-refractivity contribution in [2.24, 2.45) is 0 Å². The molecule has 9 nitrogen and oxygen atoms in total. The fourth-order valence-corrected chi connectivity index (χ4v) is 7.11. The number of carbonyl (C=O) groups is 3. The van der Waals surface area contributed by atoms with Crippen LogP contribution >= 0.6 is 11.3 Å². The van der Waals surface area contributed by atoms with Crippen LogP contribution in [0.25, 0.3) is 22.4 Å². The first kappa shape index (κ1) is 25.5. The third-order valence-corrected chi connectivity index (χ3v) is 8.96. The zero-order chi connectivity index (χ0) is 26.9. The minimum Gasteiger partial charge on any atom is -0.465 e. The summed E-state index contributed by atoms with van der Waals surface area (Å²) in [6.07, 6.45) is 3.66. The number of ether oxygens (including phenoxy) is 1. The van der Waals surface area contributed by atoms with Gasteiger partial charge in [-0.2, -0.15) is 0 Å². The van der Waals surface area contributed by atoms with E-state index < -0.39 is 6.09 Å². The number of anilines is 1. The molecule has 2 N–H and O–H groups in total. The van der Waals surface area contributed by atoms with Gasteiger partial charge in [-0.05, 0) is 54.7 Å². The summed E-state index contributed by atoms with van der Waals surface area (Å²) in [5.41, 5.74) is 5.40. The molecular weight excluding hydrogens is 516 g/mol. The maximum atomic E-state index is 13.2. The van der Waals surface area contributed by atoms with Gasteiger partial charge < -0.3 is 25.0 Å². The third-order valence-electron chi connectivity index (χ3n) is 7.63. The van der Waals surface area contributed by atoms with Gasteiger partial charge in [0.15, 0.2) is 5.78 Å². The number of likely N-dealkylation sites (tertiary alicyclic amines) is 1. The Balaban J connectivity index is 1.32. The van der Waals surface area contributed by atoms with Crippen molar-refractivity contribution < 1.29 is 24.2 Å². The van der Waals surface area contributed by atoms with Gasteiger partial charge in [-0.25, -0.2) is 4.79 Å². The number of benzene rings is 1. The molecule has 0 bridgehead atoms. The van der Waals surface area contributed by atoms with Gasteiger partial charge in [0.2, 0.25) is 0 Å². The summed E-state index contributed by atoms with van der Waals surface area (Å²) in [5, 5.41) is 12.6. The average molecular weight is 547 g/mol. The summed E-state index contributed by atoms with van der Waals surface area (Å²) >= 11 is 1.61. The lowest BCUT2D eigenvalue weighted by molar-refractivity contribution is 0.0788. The van der Waals surface area contributed by atoms with Crippen LogP contribution in [0.2, 0.25) is 0 Å². The minimum atomic E-state index is -1.07. The number of amides is 2. The second-order valence-corrected chi connectivity index (χ2v) is 11.2. The second kappa shape index (κ2) is 10.8. The van der Waals surface area contributed by atoms with Crippen LogP contribution in [0.1, 0.15) is 44.9 Å². The normalized spacial score (nSPS) is 19.2. The Morgan fingerprint density at radius 3 is 2.74 bits per heavy atom. The van der Waals surface area contributed by atoms with Crippen LogP contribution in [0, 0.1) is 0 Å². The minimum absolute atomic E-state index is 0.122. The number of thiophene rings is 1. The maximum Gasteiger partial charge on any atom is 0.404 e. The summed E-state index contributed by atoms with van der Waals surface area (Å²) in [5.74, 6) is 0.105. The number of aromatic nitrogens is 1. The van der Waals surface area contributed by atoms with Crippen LogP contribution in [0.15, 0.2) is 42.6 Å². The highest BCUT2D eigenvalue weighted by Gasteiger charge is 2.30. The number of nitrogens with one attached hydrogen (secondary N) is 1. The number of carboxylic acid groups (broad SMARTS) is 1. The molecule has 2 aliphatic heterocycles. The number of ketones is 1. The highest BCUT2D eigenvalue weighted by atomic mass is 32.1. The highest BCUT2D eigenvalue weighted by Crippen LogP contribution is 2.46. The summed E-state index contributed by atoms with van der Waals surface area (Å²) in [6.45, 7) is 3.79. The largest absolute Gasteiger partial charge is 0.465 e. The van der Waals surface area contributed by atoms with Crippen molar-refractivity contribution in [2.75, 3.05) is 44.3 Å². The number of rotatable bonds is 5. The summed E-state index contributed by atoms with van der Waals surface area (Å²) in [4.78, 5) is 46.5. The molecule has 10 heteroatoms. The number of fused-ring (bicyclic) bond motifs is 1. The fraction of sp³-hybridized carbons (Fsp3) is 0.379. The van der Waals surface area contributed by atoms with E-state index in [0.29, 0.717) is 44.7 Å².